The third-order valence-corrected chi connectivity index (χ3v) is 19.0. The Hall–Kier alpha value is -8.51. The predicted molar refractivity (Wildman–Crippen MR) is 341 cm³/mol. The van der Waals surface area contributed by atoms with Crippen LogP contribution in [0, 0.1) is 40.5 Å². The van der Waals surface area contributed by atoms with Crippen LogP contribution in [0.5, 0.6) is 11.8 Å². The first kappa shape index (κ1) is 64.6. The molecule has 7 heterocycles. The lowest BCUT2D eigenvalue weighted by atomic mass is 9.96. The number of halogens is 5. The van der Waals surface area contributed by atoms with Crippen molar-refractivity contribution in [1.82, 2.24) is 40.1 Å². The maximum Gasteiger partial charge on any atom is 0.412 e. The number of aromatic nitrogens is 5. The van der Waals surface area contributed by atoms with Gasteiger partial charge in [-0.25, -0.2) is 27.0 Å². The van der Waals surface area contributed by atoms with Gasteiger partial charge in [0.25, 0.3) is 0 Å². The van der Waals surface area contributed by atoms with Gasteiger partial charge in [-0.05, 0) is 93.1 Å². The summed E-state index contributed by atoms with van der Waals surface area (Å²) < 4.78 is 85.7. The molecule has 5 aromatic carbocycles. The Bertz CT molecular complexity index is 4200. The Morgan fingerprint density at radius 3 is 2.26 bits per heavy atom. The van der Waals surface area contributed by atoms with Gasteiger partial charge < -0.3 is 44.3 Å². The Balaban J connectivity index is 0.841. The van der Waals surface area contributed by atoms with Gasteiger partial charge in [0.2, 0.25) is 11.8 Å². The predicted octanol–water partition coefficient (Wildman–Crippen LogP) is 11.3. The third-order valence-electron chi connectivity index (χ3n) is 17.6. The molecule has 4 aliphatic rings. The molecule has 0 spiro atoms. The molecule has 0 radical (unpaired) electrons. The number of aliphatic hydroxyl groups is 2. The summed E-state index contributed by atoms with van der Waals surface area (Å²) in [5.74, 6) is -4.97. The smallest absolute Gasteiger partial charge is 0.412 e. The summed E-state index contributed by atoms with van der Waals surface area (Å²) in [6.45, 7) is 10.3. The third kappa shape index (κ3) is 13.1. The molecule has 93 heavy (non-hydrogen) atoms. The number of rotatable bonds is 17. The molecule has 4 N–H and O–H groups in total. The van der Waals surface area contributed by atoms with Crippen molar-refractivity contribution in [2.75, 3.05) is 56.7 Å². The molecule has 2 unspecified atom stereocenters. The van der Waals surface area contributed by atoms with Crippen molar-refractivity contribution in [2.24, 2.45) is 5.92 Å². The van der Waals surface area contributed by atoms with E-state index < -0.39 is 89.1 Å². The topological polar surface area (TPSA) is 243 Å². The Labute approximate surface area is 542 Å². The quantitative estimate of drug-likeness (QED) is 0.0489. The lowest BCUT2D eigenvalue weighted by molar-refractivity contribution is -0.142. The highest BCUT2D eigenvalue weighted by molar-refractivity contribution is 7.23. The van der Waals surface area contributed by atoms with E-state index in [9.17, 15) is 43.0 Å². The average molecular weight is 1310 g/mol. The number of nitrogens with zero attached hydrogens (tertiary/aromatic N) is 9. The first-order valence-corrected chi connectivity index (χ1v) is 31.9. The van der Waals surface area contributed by atoms with Gasteiger partial charge >= 0.3 is 12.1 Å². The number of nitrogens with one attached hydrogen (secondary N) is 2. The van der Waals surface area contributed by atoms with Crippen LogP contribution in [0.15, 0.2) is 85.1 Å². The molecule has 3 aromatic heterocycles. The number of ether oxygens (including phenoxy) is 4. The van der Waals surface area contributed by atoms with Crippen LogP contribution in [0.3, 0.4) is 0 Å². The number of hydrogen-bond acceptors (Lipinski definition) is 17. The molecule has 486 valence electrons. The van der Waals surface area contributed by atoms with Crippen LogP contribution in [0.2, 0.25) is 5.02 Å². The van der Waals surface area contributed by atoms with Gasteiger partial charge in [0.1, 0.15) is 70.1 Å². The summed E-state index contributed by atoms with van der Waals surface area (Å²) >= 11 is 8.43. The second-order valence-corrected chi connectivity index (χ2v) is 26.7. The van der Waals surface area contributed by atoms with Gasteiger partial charge in [-0.2, -0.15) is 15.2 Å². The van der Waals surface area contributed by atoms with Crippen LogP contribution < -0.4 is 25.0 Å². The number of carbonyl (C=O) groups excluding carboxylic acids is 3. The zero-order valence-corrected chi connectivity index (χ0v) is 53.3. The number of anilines is 2. The van der Waals surface area contributed by atoms with Crippen molar-refractivity contribution >= 4 is 72.7 Å². The molecule has 4 aliphatic heterocycles. The molecule has 4 saturated heterocycles. The van der Waals surface area contributed by atoms with Crippen molar-refractivity contribution in [3.8, 4) is 51.3 Å². The summed E-state index contributed by atoms with van der Waals surface area (Å²) in [5, 5.41) is 47.5. The standard InChI is InChI=1S/C67H68ClF4N11O9S/c1-34(2)58(64(87)82-30-41(85)25-52(82)62(86)74-51(32-84)37-11-13-38(14-12-37)53-47(69)19-20-48(70)56(53)72)83-31-50(78-79-83)36-9-7-35(8-10-36)33-90-59-55(43-17-18-49(71)60-54(43)45(27-73)63(93-60)77-66(88)92-67(3,4)5)46(68)26-44-57(59)75-65(91-42-21-23-89-24-22-42)76-61(44)81-28-39-15-16-40(29-81)80(39)6/h7-14,17-20,26,31,34,39-42,51-52,58,84-85H,15-16,21-25,28-30,32-33H2,1-6H3,(H,74,86)(H,77,88)/t39?,40?,41-,51+,52+,58+/m1/s1. The highest BCUT2D eigenvalue weighted by Crippen LogP contribution is 2.51. The second kappa shape index (κ2) is 26.5. The largest absolute Gasteiger partial charge is 0.486 e. The summed E-state index contributed by atoms with van der Waals surface area (Å²) in [5.41, 5.74) is 1.61. The van der Waals surface area contributed by atoms with Gasteiger partial charge in [-0.1, -0.05) is 85.3 Å². The van der Waals surface area contributed by atoms with Crippen LogP contribution in [0.25, 0.3) is 54.5 Å². The van der Waals surface area contributed by atoms with E-state index in [0.29, 0.717) is 95.4 Å². The summed E-state index contributed by atoms with van der Waals surface area (Å²) in [4.78, 5) is 58.1. The molecule has 12 rings (SSSR count). The van der Waals surface area contributed by atoms with Gasteiger partial charge in [0, 0.05) is 72.9 Å². The number of likely N-dealkylation sites (tertiary alicyclic amines) is 1. The fraction of sp³-hybridized carbons (Fsp3) is 0.403. The molecular formula is C67H68ClF4N11O9S. The first-order chi connectivity index (χ1) is 44.6. The minimum Gasteiger partial charge on any atom is -0.486 e. The second-order valence-electron chi connectivity index (χ2n) is 25.3. The van der Waals surface area contributed by atoms with Crippen LogP contribution >= 0.6 is 22.9 Å². The number of fused-ring (bicyclic) bond motifs is 4. The number of nitriles is 1. The minimum absolute atomic E-state index is 0.0177. The van der Waals surface area contributed by atoms with E-state index in [1.807, 2.05) is 38.1 Å². The van der Waals surface area contributed by atoms with Crippen molar-refractivity contribution < 1.29 is 61.1 Å². The van der Waals surface area contributed by atoms with E-state index in [2.05, 4.69) is 43.9 Å². The molecule has 0 aliphatic carbocycles. The number of likely N-dealkylation sites (N-methyl/N-ethyl adjacent to an activating group) is 1. The lowest BCUT2D eigenvalue weighted by Crippen LogP contribution is -2.52. The van der Waals surface area contributed by atoms with Gasteiger partial charge in [0.05, 0.1) is 59.0 Å². The number of amides is 3. The van der Waals surface area contributed by atoms with E-state index in [1.165, 1.54) is 46.0 Å². The van der Waals surface area contributed by atoms with E-state index in [-0.39, 0.29) is 80.8 Å². The number of benzene rings is 5. The number of carbonyl (C=O) groups is 3. The first-order valence-electron chi connectivity index (χ1n) is 30.7. The zero-order valence-electron chi connectivity index (χ0n) is 51.8. The zero-order chi connectivity index (χ0) is 65.7. The van der Waals surface area contributed by atoms with Crippen LogP contribution in [-0.4, -0.2) is 145 Å². The van der Waals surface area contributed by atoms with E-state index in [0.717, 1.165) is 30.2 Å². The summed E-state index contributed by atoms with van der Waals surface area (Å²) in [6.07, 6.45) is 2.67. The highest BCUT2D eigenvalue weighted by atomic mass is 35.5. The molecule has 2 bridgehead atoms. The molecule has 0 saturated carbocycles. The van der Waals surface area contributed by atoms with Crippen LogP contribution in [0.4, 0.5) is 33.2 Å². The summed E-state index contributed by atoms with van der Waals surface area (Å²) in [6, 6.07) is 18.6. The number of hydrogen-bond donors (Lipinski definition) is 4. The monoisotopic (exact) mass is 1310 g/mol. The summed E-state index contributed by atoms with van der Waals surface area (Å²) in [7, 11) is 2.15. The van der Waals surface area contributed by atoms with Crippen molar-refractivity contribution in [3.05, 3.63) is 130 Å². The number of β-amino-alcohol motifs (C(OH)–C–C–N with tert-alkyl or cyclic N) is 1. The van der Waals surface area contributed by atoms with Gasteiger partial charge in [-0.3, -0.25) is 19.8 Å². The van der Waals surface area contributed by atoms with Crippen molar-refractivity contribution in [3.63, 3.8) is 0 Å². The molecule has 8 aromatic rings. The van der Waals surface area contributed by atoms with E-state index in [1.54, 1.807) is 33.0 Å². The van der Waals surface area contributed by atoms with E-state index in [4.69, 9.17) is 40.5 Å². The molecule has 26 heteroatoms. The lowest BCUT2D eigenvalue weighted by Gasteiger charge is -2.40. The Morgan fingerprint density at radius 1 is 0.892 bits per heavy atom. The number of thiophene rings is 1. The highest BCUT2D eigenvalue weighted by Gasteiger charge is 2.44. The van der Waals surface area contributed by atoms with E-state index >= 15 is 4.39 Å². The van der Waals surface area contributed by atoms with Gasteiger partial charge in [0.15, 0.2) is 17.4 Å². The Kier molecular flexibility index (Phi) is 18.4. The SMILES string of the molecule is CC(C)[C@@H](C(=O)N1C[C@H](O)C[C@H]1C(=O)N[C@@H](CO)c1ccc(-c2c(F)ccc(F)c2F)cc1)n1cc(-c2ccc(COc3c(-c4ccc(F)c5sc(NC(=O)OC(C)(C)C)c(C#N)c45)c(Cl)cc4c(N5CC6CCC(C5)N6C)nc(OC5CCOCC5)nc34)cc2)nn1. The van der Waals surface area contributed by atoms with Gasteiger partial charge in [-0.15, -0.1) is 16.4 Å². The average Bonchev–Trinajstić information content (AvgIpc) is 1.73. The Morgan fingerprint density at radius 2 is 1.58 bits per heavy atom. The van der Waals surface area contributed by atoms with Crippen molar-refractivity contribution in [1.29, 1.82) is 5.26 Å². The number of aliphatic hydroxyl groups excluding tert-OH is 2. The molecule has 20 nitrogen and oxygen atoms in total. The molecule has 3 amide bonds. The minimum atomic E-state index is -1.36. The molecular weight excluding hydrogens is 1250 g/mol. The molecule has 6 atom stereocenters. The van der Waals surface area contributed by atoms with Crippen LogP contribution in [-0.2, 0) is 25.7 Å². The fourth-order valence-electron chi connectivity index (χ4n) is 12.9. The molecule has 4 fully saturated rings. The fourth-order valence-corrected chi connectivity index (χ4v) is 14.2. The number of piperazine rings is 1. The maximum atomic E-state index is 16.2. The van der Waals surface area contributed by atoms with Crippen molar-refractivity contribution in [2.45, 2.75) is 121 Å². The normalized spacial score (nSPS) is 19.3. The maximum absolute atomic E-state index is 16.2. The van der Waals surface area contributed by atoms with Crippen LogP contribution in [0.1, 0.15) is 95.5 Å².